The first-order valence-corrected chi connectivity index (χ1v) is 8.29. The number of fused-ring (bicyclic) bond motifs is 1. The van der Waals surface area contributed by atoms with Crippen LogP contribution in [0.15, 0.2) is 71.9 Å². The first kappa shape index (κ1) is 17.9. The van der Waals surface area contributed by atoms with Gasteiger partial charge in [-0.2, -0.15) is 18.2 Å². The lowest BCUT2D eigenvalue weighted by Gasteiger charge is -2.12. The fourth-order valence-corrected chi connectivity index (χ4v) is 2.76. The molecule has 140 valence electrons. The monoisotopic (exact) mass is 384 g/mol. The minimum Gasteiger partial charge on any atom is -0.438 e. The highest BCUT2D eigenvalue weighted by Crippen LogP contribution is 2.36. The fourth-order valence-electron chi connectivity index (χ4n) is 2.76. The smallest absolute Gasteiger partial charge is 0.421 e. The van der Waals surface area contributed by atoms with Crippen LogP contribution in [0.5, 0.6) is 11.6 Å². The van der Waals surface area contributed by atoms with Crippen molar-refractivity contribution in [3.05, 3.63) is 78.0 Å². The molecule has 0 aliphatic carbocycles. The summed E-state index contributed by atoms with van der Waals surface area (Å²) in [5.74, 6) is -0.380. The second kappa shape index (κ2) is 6.90. The highest BCUT2D eigenvalue weighted by atomic mass is 19.4. The number of carbonyl (C=O) groups excluding carboxylic acids is 1. The predicted octanol–water partition coefficient (Wildman–Crippen LogP) is 4.01. The van der Waals surface area contributed by atoms with Crippen LogP contribution in [0.2, 0.25) is 0 Å². The molecule has 0 saturated heterocycles. The van der Waals surface area contributed by atoms with E-state index < -0.39 is 17.6 Å². The van der Waals surface area contributed by atoms with Gasteiger partial charge in [-0.3, -0.25) is 10.1 Å². The average molecular weight is 384 g/mol. The van der Waals surface area contributed by atoms with E-state index >= 15 is 0 Å². The Labute approximate surface area is 157 Å². The van der Waals surface area contributed by atoms with Crippen molar-refractivity contribution in [1.82, 2.24) is 4.98 Å². The summed E-state index contributed by atoms with van der Waals surface area (Å²) in [6.07, 6.45) is -3.36. The van der Waals surface area contributed by atoms with Gasteiger partial charge in [0.1, 0.15) is 17.0 Å². The van der Waals surface area contributed by atoms with E-state index in [2.05, 4.69) is 9.98 Å². The number of carbonyl (C=O) groups is 1. The number of halogens is 3. The van der Waals surface area contributed by atoms with E-state index in [1.54, 1.807) is 5.32 Å². The Hall–Kier alpha value is -3.52. The molecule has 1 aliphatic heterocycles. The van der Waals surface area contributed by atoms with Crippen LogP contribution in [-0.2, 0) is 6.18 Å². The fraction of sp³-hybridized carbons (Fsp3) is 0.0500. The van der Waals surface area contributed by atoms with Gasteiger partial charge in [-0.25, -0.2) is 4.98 Å². The molecule has 28 heavy (non-hydrogen) atoms. The number of rotatable bonds is 4. The van der Waals surface area contributed by atoms with Crippen LogP contribution in [0.25, 0.3) is 0 Å². The van der Waals surface area contributed by atoms with Crippen LogP contribution in [-0.4, -0.2) is 16.6 Å². The van der Waals surface area contributed by atoms with Crippen LogP contribution >= 0.6 is 0 Å². The van der Waals surface area contributed by atoms with Crippen molar-refractivity contribution < 1.29 is 28.0 Å². The summed E-state index contributed by atoms with van der Waals surface area (Å²) in [4.78, 5) is 20.6. The number of ether oxygens (including phenoxy) is 1. The molecule has 0 spiro atoms. The summed E-state index contributed by atoms with van der Waals surface area (Å²) < 4.78 is 44.3. The van der Waals surface area contributed by atoms with Gasteiger partial charge in [-0.1, -0.05) is 12.1 Å². The lowest BCUT2D eigenvalue weighted by atomic mass is 10.1. The summed E-state index contributed by atoms with van der Waals surface area (Å²) >= 11 is 0. The Bertz CT molecular complexity index is 1080. The number of quaternary nitrogens is 1. The number of amidine groups is 1. The predicted molar refractivity (Wildman–Crippen MR) is 95.2 cm³/mol. The maximum absolute atomic E-state index is 13.0. The van der Waals surface area contributed by atoms with Crippen LogP contribution in [0.3, 0.4) is 0 Å². The largest absolute Gasteiger partial charge is 0.438 e. The van der Waals surface area contributed by atoms with E-state index in [9.17, 15) is 18.0 Å². The van der Waals surface area contributed by atoms with Gasteiger partial charge in [-0.05, 0) is 42.5 Å². The second-order valence-corrected chi connectivity index (χ2v) is 6.01. The topological polar surface area (TPSA) is 68.2 Å². The maximum atomic E-state index is 13.0. The third kappa shape index (κ3) is 3.49. The average Bonchev–Trinajstić information content (AvgIpc) is 3.12. The van der Waals surface area contributed by atoms with Crippen LogP contribution < -0.4 is 10.1 Å². The number of para-hydroxylation sites is 2. The lowest BCUT2D eigenvalue weighted by molar-refractivity contribution is -0.435. The number of nitrogens with zero attached hydrogens (tertiary/aromatic N) is 2. The number of hydrogen-bond donors (Lipinski definition) is 1. The third-order valence-electron chi connectivity index (χ3n) is 4.11. The molecule has 1 aliphatic rings. The number of ketones is 1. The zero-order valence-electron chi connectivity index (χ0n) is 14.3. The quantitative estimate of drug-likeness (QED) is 0.546. The Morgan fingerprint density at radius 1 is 0.964 bits per heavy atom. The minimum absolute atomic E-state index is 0.140. The molecule has 0 unspecified atom stereocenters. The number of Topliss-reactive ketones (excluding diaryl/α,β-unsaturated/α-hetero) is 1. The molecular formula is C20H13F3N3O2+. The second-order valence-electron chi connectivity index (χ2n) is 6.01. The molecular weight excluding hydrogens is 371 g/mol. The third-order valence-corrected chi connectivity index (χ3v) is 4.11. The Morgan fingerprint density at radius 3 is 2.43 bits per heavy atom. The van der Waals surface area contributed by atoms with E-state index in [0.29, 0.717) is 11.4 Å². The van der Waals surface area contributed by atoms with Crippen molar-refractivity contribution in [2.75, 3.05) is 0 Å². The molecule has 1 aromatic heterocycles. The Kier molecular flexibility index (Phi) is 4.40. The molecule has 5 nitrogen and oxygen atoms in total. The number of pyridine rings is 1. The number of hydrogen-bond acceptors (Lipinski definition) is 4. The van der Waals surface area contributed by atoms with Crippen LogP contribution in [0.1, 0.15) is 15.9 Å². The number of aromatic nitrogens is 1. The van der Waals surface area contributed by atoms with Gasteiger partial charge in [0.2, 0.25) is 5.88 Å². The number of alkyl halides is 3. The molecule has 4 rings (SSSR count). The van der Waals surface area contributed by atoms with Crippen molar-refractivity contribution in [1.29, 1.82) is 0 Å². The Morgan fingerprint density at radius 2 is 1.71 bits per heavy atom. The molecule has 0 amide bonds. The standard InChI is InChI=1S/C20H12F3N3O2/c21-20(22,23)14-4-3-11-24-19(14)28-13-9-7-12(8-10-13)17(27)18-25-15-5-1-2-6-16(15)26-18/h1-11H,(H,25,26)/p+1. The summed E-state index contributed by atoms with van der Waals surface area (Å²) in [7, 11) is 0. The van der Waals surface area contributed by atoms with Crippen LogP contribution in [0.4, 0.5) is 24.5 Å². The van der Waals surface area contributed by atoms with Gasteiger partial charge in [0.25, 0.3) is 11.6 Å². The number of benzene rings is 2. The molecule has 0 radical (unpaired) electrons. The maximum Gasteiger partial charge on any atom is 0.421 e. The van der Waals surface area contributed by atoms with E-state index in [4.69, 9.17) is 4.74 Å². The van der Waals surface area contributed by atoms with Crippen molar-refractivity contribution in [3.8, 4) is 11.6 Å². The first-order chi connectivity index (χ1) is 13.4. The van der Waals surface area contributed by atoms with Crippen molar-refractivity contribution in [2.24, 2.45) is 4.99 Å². The van der Waals surface area contributed by atoms with E-state index in [0.717, 1.165) is 17.4 Å². The van der Waals surface area contributed by atoms with Gasteiger partial charge in [-0.15, -0.1) is 0 Å². The van der Waals surface area contributed by atoms with Gasteiger partial charge in [0, 0.05) is 17.8 Å². The lowest BCUT2D eigenvalue weighted by Crippen LogP contribution is -2.82. The molecule has 3 aromatic rings. The van der Waals surface area contributed by atoms with E-state index in [1.807, 2.05) is 24.3 Å². The van der Waals surface area contributed by atoms with E-state index in [1.165, 1.54) is 36.5 Å². The highest BCUT2D eigenvalue weighted by Gasteiger charge is 2.35. The first-order valence-electron chi connectivity index (χ1n) is 8.29. The van der Waals surface area contributed by atoms with Crippen molar-refractivity contribution in [3.63, 3.8) is 0 Å². The molecule has 8 heteroatoms. The van der Waals surface area contributed by atoms with Crippen LogP contribution in [0, 0.1) is 0 Å². The minimum atomic E-state index is -4.58. The molecule has 0 saturated carbocycles. The summed E-state index contributed by atoms with van der Waals surface area (Å²) in [6.45, 7) is 0. The molecule has 2 heterocycles. The number of nitrogens with two attached hydrogens (primary N) is 1. The molecule has 0 atom stereocenters. The summed E-state index contributed by atoms with van der Waals surface area (Å²) in [5.41, 5.74) is 0.969. The van der Waals surface area contributed by atoms with E-state index in [-0.39, 0.29) is 11.5 Å². The SMILES string of the molecule is O=C(C1=Nc2ccccc2[NH2+]1)c1ccc(Oc2ncccc2C(F)(F)F)cc1. The van der Waals surface area contributed by atoms with Gasteiger partial charge >= 0.3 is 6.18 Å². The summed E-state index contributed by atoms with van der Waals surface area (Å²) in [5, 5.41) is 1.70. The van der Waals surface area contributed by atoms with Crippen molar-refractivity contribution in [2.45, 2.75) is 6.18 Å². The molecule has 2 aromatic carbocycles. The highest BCUT2D eigenvalue weighted by molar-refractivity contribution is 6.42. The Balaban J connectivity index is 1.52. The molecule has 0 bridgehead atoms. The van der Waals surface area contributed by atoms with Gasteiger partial charge < -0.3 is 4.74 Å². The zero-order chi connectivity index (χ0) is 19.7. The molecule has 0 fully saturated rings. The number of aliphatic imine (C=N–C) groups is 1. The molecule has 2 N–H and O–H groups in total. The van der Waals surface area contributed by atoms with Gasteiger partial charge in [0.05, 0.1) is 0 Å². The van der Waals surface area contributed by atoms with Crippen molar-refractivity contribution >= 4 is 23.0 Å². The normalized spacial score (nSPS) is 13.0. The zero-order valence-corrected chi connectivity index (χ0v) is 14.3. The van der Waals surface area contributed by atoms with Gasteiger partial charge in [0.15, 0.2) is 5.69 Å². The summed E-state index contributed by atoms with van der Waals surface area (Å²) in [6, 6.07) is 15.3.